The molecule has 0 fully saturated rings. The Hall–Kier alpha value is -2.49. The fourth-order valence-corrected chi connectivity index (χ4v) is 3.96. The van der Waals surface area contributed by atoms with Crippen LogP contribution in [0.4, 0.5) is 5.69 Å². The number of ether oxygens (including phenoxy) is 1. The maximum atomic E-state index is 13.6. The fraction of sp³-hybridized carbons (Fsp3) is 0.458. The van der Waals surface area contributed by atoms with Gasteiger partial charge in [0.1, 0.15) is 11.5 Å². The third kappa shape index (κ3) is 3.48. The van der Waals surface area contributed by atoms with Crippen molar-refractivity contribution < 1.29 is 14.6 Å². The van der Waals surface area contributed by atoms with E-state index in [2.05, 4.69) is 6.92 Å². The van der Waals surface area contributed by atoms with E-state index in [4.69, 9.17) is 4.74 Å². The van der Waals surface area contributed by atoms with E-state index in [9.17, 15) is 9.90 Å². The van der Waals surface area contributed by atoms with Crippen LogP contribution in [-0.4, -0.2) is 23.2 Å². The van der Waals surface area contributed by atoms with Gasteiger partial charge in [0.15, 0.2) is 5.60 Å². The average molecular weight is 382 g/mol. The Morgan fingerprint density at radius 3 is 2.46 bits per heavy atom. The van der Waals surface area contributed by atoms with E-state index < -0.39 is 5.60 Å². The van der Waals surface area contributed by atoms with Crippen LogP contribution in [-0.2, 0) is 11.2 Å². The lowest BCUT2D eigenvalue weighted by Crippen LogP contribution is -2.53. The molecule has 2 aromatic carbocycles. The topological polar surface area (TPSA) is 49.8 Å². The highest BCUT2D eigenvalue weighted by molar-refractivity contribution is 5.99. The van der Waals surface area contributed by atoms with Crippen LogP contribution < -0.4 is 9.64 Å². The van der Waals surface area contributed by atoms with Crippen LogP contribution in [0.1, 0.15) is 55.4 Å². The van der Waals surface area contributed by atoms with Gasteiger partial charge in [0.2, 0.25) is 0 Å². The minimum atomic E-state index is -0.919. The molecule has 4 nitrogen and oxygen atoms in total. The minimum absolute atomic E-state index is 0.000538. The number of phenols is 1. The second-order valence-electron chi connectivity index (χ2n) is 8.01. The Bertz CT molecular complexity index is 875. The number of amides is 1. The predicted molar refractivity (Wildman–Crippen MR) is 113 cm³/mol. The van der Waals surface area contributed by atoms with Gasteiger partial charge >= 0.3 is 0 Å². The van der Waals surface area contributed by atoms with E-state index in [-0.39, 0.29) is 5.91 Å². The first-order valence-corrected chi connectivity index (χ1v) is 10.2. The Labute approximate surface area is 168 Å². The van der Waals surface area contributed by atoms with Crippen molar-refractivity contribution in [1.82, 2.24) is 0 Å². The molecule has 3 rings (SSSR count). The van der Waals surface area contributed by atoms with E-state index in [1.807, 2.05) is 62.9 Å². The molecule has 1 atom stereocenters. The highest BCUT2D eigenvalue weighted by Gasteiger charge is 2.43. The Kier molecular flexibility index (Phi) is 5.69. The number of anilines is 1. The molecular formula is C24H31NO3. The zero-order valence-corrected chi connectivity index (χ0v) is 17.6. The molecule has 28 heavy (non-hydrogen) atoms. The Morgan fingerprint density at radius 2 is 1.82 bits per heavy atom. The van der Waals surface area contributed by atoms with Crippen LogP contribution in [0.2, 0.25) is 0 Å². The number of rotatable bonds is 5. The van der Waals surface area contributed by atoms with E-state index in [0.717, 1.165) is 46.5 Å². The molecule has 150 valence electrons. The lowest BCUT2D eigenvalue weighted by molar-refractivity contribution is -0.134. The van der Waals surface area contributed by atoms with Gasteiger partial charge in [-0.3, -0.25) is 4.79 Å². The van der Waals surface area contributed by atoms with Gasteiger partial charge in [-0.25, -0.2) is 0 Å². The van der Waals surface area contributed by atoms with Crippen molar-refractivity contribution in [2.75, 3.05) is 11.4 Å². The number of nitrogens with zero attached hydrogens (tertiary/aromatic N) is 1. The number of carbonyl (C=O) groups is 1. The van der Waals surface area contributed by atoms with Gasteiger partial charge in [0, 0.05) is 24.2 Å². The maximum Gasteiger partial charge on any atom is 0.270 e. The van der Waals surface area contributed by atoms with E-state index in [0.29, 0.717) is 25.1 Å². The summed E-state index contributed by atoms with van der Waals surface area (Å²) in [6.45, 7) is 10.5. The van der Waals surface area contributed by atoms with Crippen molar-refractivity contribution in [2.24, 2.45) is 0 Å². The number of aromatic hydroxyl groups is 1. The van der Waals surface area contributed by atoms with Crippen LogP contribution in [0.25, 0.3) is 0 Å². The summed E-state index contributed by atoms with van der Waals surface area (Å²) in [5.41, 5.74) is 3.60. The molecule has 1 aliphatic rings. The molecule has 1 N–H and O–H groups in total. The number of unbranched alkanes of at least 4 members (excludes halogenated alkanes) is 1. The van der Waals surface area contributed by atoms with Crippen LogP contribution in [0.5, 0.6) is 11.5 Å². The fourth-order valence-electron chi connectivity index (χ4n) is 3.96. The molecular weight excluding hydrogens is 350 g/mol. The molecule has 0 bridgehead atoms. The highest BCUT2D eigenvalue weighted by Crippen LogP contribution is 2.44. The van der Waals surface area contributed by atoms with Crippen LogP contribution in [0.3, 0.4) is 0 Å². The summed E-state index contributed by atoms with van der Waals surface area (Å²) in [6.07, 6.45) is 3.28. The number of hydrogen-bond acceptors (Lipinski definition) is 3. The summed E-state index contributed by atoms with van der Waals surface area (Å²) in [7, 11) is 0. The standard InChI is InChI=1S/C24H31NO3/c1-6-7-15-25(19-11-9-8-10-12-19)23(27)24(5)14-13-20-18(4)21(26)16(2)17(3)22(20)28-24/h8-12,26H,6-7,13-15H2,1-5H3. The van der Waals surface area contributed by atoms with Crippen molar-refractivity contribution in [3.8, 4) is 11.5 Å². The van der Waals surface area contributed by atoms with Crippen LogP contribution in [0, 0.1) is 20.8 Å². The lowest BCUT2D eigenvalue weighted by Gasteiger charge is -2.39. The summed E-state index contributed by atoms with van der Waals surface area (Å²) in [4.78, 5) is 15.5. The van der Waals surface area contributed by atoms with Gasteiger partial charge in [-0.05, 0) is 69.4 Å². The predicted octanol–water partition coefficient (Wildman–Crippen LogP) is 5.23. The van der Waals surface area contributed by atoms with Crippen LogP contribution >= 0.6 is 0 Å². The summed E-state index contributed by atoms with van der Waals surface area (Å²) in [5.74, 6) is 1.10. The van der Waals surface area contributed by atoms with Gasteiger partial charge in [0.05, 0.1) is 0 Å². The Balaban J connectivity index is 1.98. The van der Waals surface area contributed by atoms with Crippen molar-refractivity contribution >= 4 is 11.6 Å². The smallest absolute Gasteiger partial charge is 0.270 e. The third-order valence-electron chi connectivity index (χ3n) is 6.02. The molecule has 0 aromatic heterocycles. The summed E-state index contributed by atoms with van der Waals surface area (Å²) in [5, 5.41) is 10.4. The SMILES string of the molecule is CCCCN(C(=O)C1(C)CCc2c(C)c(O)c(C)c(C)c2O1)c1ccccc1. The number of phenolic OH excluding ortho intramolecular Hbond substituents is 1. The number of para-hydroxylation sites is 1. The maximum absolute atomic E-state index is 13.6. The van der Waals surface area contributed by atoms with Crippen molar-refractivity contribution in [3.05, 3.63) is 52.6 Å². The molecule has 2 aromatic rings. The number of hydrogen-bond donors (Lipinski definition) is 1. The summed E-state index contributed by atoms with van der Waals surface area (Å²) in [6, 6.07) is 9.83. The van der Waals surface area contributed by atoms with E-state index in [1.54, 1.807) is 0 Å². The first kappa shape index (κ1) is 20.2. The lowest BCUT2D eigenvalue weighted by atomic mass is 9.86. The highest BCUT2D eigenvalue weighted by atomic mass is 16.5. The molecule has 0 saturated carbocycles. The third-order valence-corrected chi connectivity index (χ3v) is 6.02. The molecule has 1 unspecified atom stereocenters. The van der Waals surface area contributed by atoms with Gasteiger partial charge in [-0.2, -0.15) is 0 Å². The molecule has 0 spiro atoms. The summed E-state index contributed by atoms with van der Waals surface area (Å²) >= 11 is 0. The molecule has 1 aliphatic heterocycles. The molecule has 0 saturated heterocycles. The van der Waals surface area contributed by atoms with Crippen LogP contribution in [0.15, 0.2) is 30.3 Å². The van der Waals surface area contributed by atoms with E-state index in [1.165, 1.54) is 0 Å². The summed E-state index contributed by atoms with van der Waals surface area (Å²) < 4.78 is 6.41. The number of carbonyl (C=O) groups excluding carboxylic acids is 1. The normalized spacial score (nSPS) is 18.3. The second kappa shape index (κ2) is 7.86. The average Bonchev–Trinajstić information content (AvgIpc) is 2.71. The number of fused-ring (bicyclic) bond motifs is 1. The van der Waals surface area contributed by atoms with E-state index >= 15 is 0 Å². The zero-order valence-electron chi connectivity index (χ0n) is 17.6. The van der Waals surface area contributed by atoms with Crippen molar-refractivity contribution in [1.29, 1.82) is 0 Å². The van der Waals surface area contributed by atoms with Gasteiger partial charge in [0.25, 0.3) is 5.91 Å². The molecule has 4 heteroatoms. The van der Waals surface area contributed by atoms with Crippen molar-refractivity contribution in [2.45, 2.75) is 65.9 Å². The van der Waals surface area contributed by atoms with Gasteiger partial charge in [-0.15, -0.1) is 0 Å². The van der Waals surface area contributed by atoms with Gasteiger partial charge in [-0.1, -0.05) is 31.5 Å². The minimum Gasteiger partial charge on any atom is -0.507 e. The van der Waals surface area contributed by atoms with Gasteiger partial charge < -0.3 is 14.7 Å². The first-order valence-electron chi connectivity index (χ1n) is 10.2. The first-order chi connectivity index (χ1) is 13.3. The second-order valence-corrected chi connectivity index (χ2v) is 8.01. The molecule has 0 aliphatic carbocycles. The largest absolute Gasteiger partial charge is 0.507 e. The number of benzene rings is 2. The molecule has 1 heterocycles. The molecule has 0 radical (unpaired) electrons. The quantitative estimate of drug-likeness (QED) is 0.771. The molecule has 1 amide bonds. The van der Waals surface area contributed by atoms with Crippen molar-refractivity contribution in [3.63, 3.8) is 0 Å². The monoisotopic (exact) mass is 381 g/mol. The Morgan fingerprint density at radius 1 is 1.14 bits per heavy atom. The zero-order chi connectivity index (χ0) is 20.5.